The molecule has 0 saturated heterocycles. The third-order valence-corrected chi connectivity index (χ3v) is 3.16. The molecular formula is C15H17ClN2O. The molecule has 1 aromatic heterocycles. The Labute approximate surface area is 117 Å². The van der Waals surface area contributed by atoms with Crippen LogP contribution in [-0.2, 0) is 12.0 Å². The van der Waals surface area contributed by atoms with Crippen molar-refractivity contribution in [3.8, 4) is 0 Å². The zero-order chi connectivity index (χ0) is 14.0. The van der Waals surface area contributed by atoms with E-state index in [1.165, 1.54) is 22.4 Å². The summed E-state index contributed by atoms with van der Waals surface area (Å²) >= 11 is 5.82. The van der Waals surface area contributed by atoms with Gasteiger partial charge >= 0.3 is 0 Å². The van der Waals surface area contributed by atoms with Crippen molar-refractivity contribution in [3.63, 3.8) is 0 Å². The summed E-state index contributed by atoms with van der Waals surface area (Å²) in [5.41, 5.74) is 2.22. The molecule has 2 aromatic rings. The first-order valence-electron chi connectivity index (χ1n) is 6.19. The Morgan fingerprint density at radius 1 is 1.21 bits per heavy atom. The lowest BCUT2D eigenvalue weighted by Gasteiger charge is -2.19. The number of halogens is 1. The van der Waals surface area contributed by atoms with Gasteiger partial charge in [0.2, 0.25) is 0 Å². The van der Waals surface area contributed by atoms with Crippen LogP contribution in [0.15, 0.2) is 41.2 Å². The van der Waals surface area contributed by atoms with Crippen LogP contribution in [-0.4, -0.2) is 9.78 Å². The van der Waals surface area contributed by atoms with E-state index in [9.17, 15) is 4.79 Å². The lowest BCUT2D eigenvalue weighted by atomic mass is 9.86. The normalized spacial score (nSPS) is 11.6. The van der Waals surface area contributed by atoms with Gasteiger partial charge in [-0.05, 0) is 22.6 Å². The highest BCUT2D eigenvalue weighted by Crippen LogP contribution is 2.22. The second kappa shape index (κ2) is 5.17. The quantitative estimate of drug-likeness (QED) is 0.844. The van der Waals surface area contributed by atoms with Gasteiger partial charge in [0, 0.05) is 6.07 Å². The molecule has 4 heteroatoms. The van der Waals surface area contributed by atoms with E-state index in [-0.39, 0.29) is 11.0 Å². The molecule has 0 unspecified atom stereocenters. The van der Waals surface area contributed by atoms with Crippen LogP contribution >= 0.6 is 11.6 Å². The molecule has 0 fully saturated rings. The van der Waals surface area contributed by atoms with Crippen molar-refractivity contribution in [2.45, 2.75) is 32.7 Å². The van der Waals surface area contributed by atoms with Crippen molar-refractivity contribution in [1.29, 1.82) is 0 Å². The van der Waals surface area contributed by atoms with E-state index in [0.717, 1.165) is 5.56 Å². The van der Waals surface area contributed by atoms with E-state index in [0.29, 0.717) is 11.7 Å². The molecule has 0 spiro atoms. The predicted molar refractivity (Wildman–Crippen MR) is 77.8 cm³/mol. The number of hydrogen-bond donors (Lipinski definition) is 0. The Morgan fingerprint density at radius 3 is 2.63 bits per heavy atom. The van der Waals surface area contributed by atoms with Crippen LogP contribution in [0.2, 0.25) is 5.15 Å². The zero-order valence-corrected chi connectivity index (χ0v) is 12.1. The maximum atomic E-state index is 11.7. The van der Waals surface area contributed by atoms with Crippen LogP contribution in [0.3, 0.4) is 0 Å². The lowest BCUT2D eigenvalue weighted by Crippen LogP contribution is -2.22. The Morgan fingerprint density at radius 2 is 1.95 bits per heavy atom. The van der Waals surface area contributed by atoms with Crippen LogP contribution in [0, 0.1) is 0 Å². The number of aromatic nitrogens is 2. The number of rotatable bonds is 2. The van der Waals surface area contributed by atoms with Gasteiger partial charge in [0.05, 0.1) is 6.54 Å². The molecule has 0 bridgehead atoms. The van der Waals surface area contributed by atoms with Gasteiger partial charge < -0.3 is 0 Å². The molecule has 0 N–H and O–H groups in total. The van der Waals surface area contributed by atoms with Crippen molar-refractivity contribution < 1.29 is 0 Å². The van der Waals surface area contributed by atoms with E-state index in [4.69, 9.17) is 11.6 Å². The highest BCUT2D eigenvalue weighted by molar-refractivity contribution is 6.29. The number of benzene rings is 1. The third-order valence-electron chi connectivity index (χ3n) is 2.96. The Balaban J connectivity index is 2.34. The first-order valence-corrected chi connectivity index (χ1v) is 6.57. The van der Waals surface area contributed by atoms with Gasteiger partial charge in [-0.2, -0.15) is 5.10 Å². The van der Waals surface area contributed by atoms with Crippen molar-refractivity contribution in [1.82, 2.24) is 9.78 Å². The first kappa shape index (κ1) is 13.8. The van der Waals surface area contributed by atoms with Crippen LogP contribution in [0.25, 0.3) is 0 Å². The van der Waals surface area contributed by atoms with Crippen molar-refractivity contribution >= 4 is 11.6 Å². The minimum absolute atomic E-state index is 0.0860. The summed E-state index contributed by atoms with van der Waals surface area (Å²) in [5, 5.41) is 4.35. The third kappa shape index (κ3) is 3.44. The van der Waals surface area contributed by atoms with Crippen molar-refractivity contribution in [3.05, 3.63) is 63.0 Å². The predicted octanol–water partition coefficient (Wildman–Crippen LogP) is 3.24. The summed E-state index contributed by atoms with van der Waals surface area (Å²) in [4.78, 5) is 11.7. The standard InChI is InChI=1S/C15H17ClN2O/c1-15(2,3)12-6-4-5-11(9-12)10-18-14(19)8-7-13(16)17-18/h4-9H,10H2,1-3H3. The van der Waals surface area contributed by atoms with Crippen LogP contribution < -0.4 is 5.56 Å². The molecule has 1 aromatic carbocycles. The van der Waals surface area contributed by atoms with Gasteiger partial charge in [-0.1, -0.05) is 56.6 Å². The minimum Gasteiger partial charge on any atom is -0.268 e. The molecule has 0 saturated carbocycles. The van der Waals surface area contributed by atoms with E-state index in [1.54, 1.807) is 0 Å². The second-order valence-corrected chi connectivity index (χ2v) is 5.99. The Kier molecular flexibility index (Phi) is 3.76. The SMILES string of the molecule is CC(C)(C)c1cccc(Cn2nc(Cl)ccc2=O)c1. The lowest BCUT2D eigenvalue weighted by molar-refractivity contribution is 0.586. The number of nitrogens with zero attached hydrogens (tertiary/aromatic N) is 2. The fraction of sp³-hybridized carbons (Fsp3) is 0.333. The van der Waals surface area contributed by atoms with Crippen LogP contribution in [0.1, 0.15) is 31.9 Å². The molecule has 19 heavy (non-hydrogen) atoms. The Bertz CT molecular complexity index is 641. The zero-order valence-electron chi connectivity index (χ0n) is 11.4. The molecule has 0 atom stereocenters. The largest absolute Gasteiger partial charge is 0.268 e. The van der Waals surface area contributed by atoms with Gasteiger partial charge in [0.25, 0.3) is 5.56 Å². The molecule has 100 valence electrons. The van der Waals surface area contributed by atoms with Crippen LogP contribution in [0.5, 0.6) is 0 Å². The Hall–Kier alpha value is -1.61. The topological polar surface area (TPSA) is 34.9 Å². The summed E-state index contributed by atoms with van der Waals surface area (Å²) in [6.07, 6.45) is 0. The van der Waals surface area contributed by atoms with Gasteiger partial charge in [-0.25, -0.2) is 4.68 Å². The molecule has 0 aliphatic carbocycles. The maximum Gasteiger partial charge on any atom is 0.267 e. The van der Waals surface area contributed by atoms with E-state index >= 15 is 0 Å². The average Bonchev–Trinajstić information content (AvgIpc) is 2.33. The molecule has 0 radical (unpaired) electrons. The highest BCUT2D eigenvalue weighted by Gasteiger charge is 2.13. The van der Waals surface area contributed by atoms with Crippen molar-refractivity contribution in [2.75, 3.05) is 0 Å². The van der Waals surface area contributed by atoms with Gasteiger partial charge in [0.1, 0.15) is 5.15 Å². The minimum atomic E-state index is -0.148. The first-order chi connectivity index (χ1) is 8.86. The molecule has 3 nitrogen and oxygen atoms in total. The molecule has 2 rings (SSSR count). The fourth-order valence-electron chi connectivity index (χ4n) is 1.85. The maximum absolute atomic E-state index is 11.7. The highest BCUT2D eigenvalue weighted by atomic mass is 35.5. The second-order valence-electron chi connectivity index (χ2n) is 5.60. The van der Waals surface area contributed by atoms with Gasteiger partial charge in [-0.3, -0.25) is 4.79 Å². The van der Waals surface area contributed by atoms with Crippen molar-refractivity contribution in [2.24, 2.45) is 0 Å². The summed E-state index contributed by atoms with van der Waals surface area (Å²) in [5.74, 6) is 0. The summed E-state index contributed by atoms with van der Waals surface area (Å²) < 4.78 is 1.38. The summed E-state index contributed by atoms with van der Waals surface area (Å²) in [6, 6.07) is 11.1. The molecule has 1 heterocycles. The smallest absolute Gasteiger partial charge is 0.267 e. The van der Waals surface area contributed by atoms with E-state index < -0.39 is 0 Å². The summed E-state index contributed by atoms with van der Waals surface area (Å²) in [6.45, 7) is 6.92. The molecule has 0 amide bonds. The van der Waals surface area contributed by atoms with E-state index in [1.807, 2.05) is 12.1 Å². The van der Waals surface area contributed by atoms with Crippen LogP contribution in [0.4, 0.5) is 0 Å². The average molecular weight is 277 g/mol. The number of hydrogen-bond acceptors (Lipinski definition) is 2. The fourth-order valence-corrected chi connectivity index (χ4v) is 2.00. The molecular weight excluding hydrogens is 260 g/mol. The van der Waals surface area contributed by atoms with Gasteiger partial charge in [-0.15, -0.1) is 0 Å². The molecule has 0 aliphatic heterocycles. The monoisotopic (exact) mass is 276 g/mol. The molecule has 0 aliphatic rings. The van der Waals surface area contributed by atoms with Gasteiger partial charge in [0.15, 0.2) is 0 Å². The summed E-state index contributed by atoms with van der Waals surface area (Å²) in [7, 11) is 0. The van der Waals surface area contributed by atoms with E-state index in [2.05, 4.69) is 38.0 Å².